The Morgan fingerprint density at radius 2 is 1.78 bits per heavy atom. The molecule has 6 rings (SSSR count). The van der Waals surface area contributed by atoms with Crippen LogP contribution < -0.4 is 14.4 Å². The van der Waals surface area contributed by atoms with Gasteiger partial charge in [-0.1, -0.05) is 0 Å². The summed E-state index contributed by atoms with van der Waals surface area (Å²) in [6.45, 7) is 6.28. The van der Waals surface area contributed by atoms with E-state index in [1.807, 2.05) is 22.8 Å². The third kappa shape index (κ3) is 4.16. The fourth-order valence-corrected chi connectivity index (χ4v) is 5.07. The van der Waals surface area contributed by atoms with E-state index in [-0.39, 0.29) is 0 Å². The number of piperazine rings is 1. The molecule has 0 atom stereocenters. The van der Waals surface area contributed by atoms with Gasteiger partial charge in [0.15, 0.2) is 22.9 Å². The van der Waals surface area contributed by atoms with Crippen molar-refractivity contribution in [3.05, 3.63) is 53.4 Å². The molecule has 1 aromatic carbocycles. The van der Waals surface area contributed by atoms with Crippen molar-refractivity contribution in [1.29, 1.82) is 0 Å². The molecule has 3 aromatic heterocycles. The molecule has 4 aromatic rings. The largest absolute Gasteiger partial charge is 0.493 e. The number of methoxy groups -OCH3 is 2. The van der Waals surface area contributed by atoms with Gasteiger partial charge in [-0.15, -0.1) is 5.10 Å². The van der Waals surface area contributed by atoms with Gasteiger partial charge in [0.25, 0.3) is 0 Å². The van der Waals surface area contributed by atoms with Crippen molar-refractivity contribution < 1.29 is 13.9 Å². The zero-order valence-electron chi connectivity index (χ0n) is 21.0. The Labute approximate surface area is 210 Å². The summed E-state index contributed by atoms with van der Waals surface area (Å²) in [7, 11) is 5.51. The number of rotatable bonds is 6. The normalized spacial score (nSPS) is 16.9. The molecule has 10 heteroatoms. The molecule has 0 aliphatic carbocycles. The maximum atomic E-state index is 5.61. The topological polar surface area (TPSA) is 84.4 Å². The van der Waals surface area contributed by atoms with Crippen molar-refractivity contribution in [2.24, 2.45) is 0 Å². The number of likely N-dealkylation sites (N-methyl/N-ethyl adjacent to an activating group) is 1. The third-order valence-corrected chi connectivity index (χ3v) is 7.14. The summed E-state index contributed by atoms with van der Waals surface area (Å²) in [6, 6.07) is 7.94. The average molecular weight is 490 g/mol. The molecule has 0 unspecified atom stereocenters. The number of benzene rings is 1. The number of fused-ring (bicyclic) bond motifs is 2. The molecule has 0 amide bonds. The highest BCUT2D eigenvalue weighted by Crippen LogP contribution is 2.34. The van der Waals surface area contributed by atoms with Gasteiger partial charge in [-0.2, -0.15) is 4.52 Å². The van der Waals surface area contributed by atoms with Gasteiger partial charge in [0.2, 0.25) is 11.8 Å². The molecule has 2 aliphatic rings. The van der Waals surface area contributed by atoms with Crippen LogP contribution in [-0.4, -0.2) is 83.4 Å². The fraction of sp³-hybridized carbons (Fsp3) is 0.423. The summed E-state index contributed by atoms with van der Waals surface area (Å²) in [6.07, 6.45) is 4.56. The predicted molar refractivity (Wildman–Crippen MR) is 136 cm³/mol. The Bertz CT molecular complexity index is 1360. The van der Waals surface area contributed by atoms with Crippen LogP contribution in [0.2, 0.25) is 0 Å². The minimum Gasteiger partial charge on any atom is -0.493 e. The number of furan rings is 1. The van der Waals surface area contributed by atoms with Crippen LogP contribution in [0.3, 0.4) is 0 Å². The lowest BCUT2D eigenvalue weighted by molar-refractivity contribution is 0.244. The van der Waals surface area contributed by atoms with E-state index in [1.165, 1.54) is 11.1 Å². The first kappa shape index (κ1) is 22.8. The second-order valence-electron chi connectivity index (χ2n) is 9.46. The SMILES string of the molecule is COc1cc2c(cc1OC)CN(Cc1cnc(N3CCN(C)CC3)n3nc(-c4ccco4)nc13)CC2. The van der Waals surface area contributed by atoms with Gasteiger partial charge in [-0.05, 0) is 48.9 Å². The second kappa shape index (κ2) is 9.44. The summed E-state index contributed by atoms with van der Waals surface area (Å²) < 4.78 is 18.5. The fourth-order valence-electron chi connectivity index (χ4n) is 5.07. The molecule has 2 aliphatic heterocycles. The molecule has 5 heterocycles. The van der Waals surface area contributed by atoms with Crippen molar-refractivity contribution in [1.82, 2.24) is 29.4 Å². The zero-order chi connectivity index (χ0) is 24.6. The van der Waals surface area contributed by atoms with Crippen LogP contribution in [0, 0.1) is 0 Å². The maximum absolute atomic E-state index is 5.61. The maximum Gasteiger partial charge on any atom is 0.228 e. The second-order valence-corrected chi connectivity index (χ2v) is 9.46. The Morgan fingerprint density at radius 1 is 1.00 bits per heavy atom. The minimum absolute atomic E-state index is 0.574. The van der Waals surface area contributed by atoms with E-state index in [2.05, 4.69) is 33.9 Å². The molecule has 0 spiro atoms. The molecule has 1 saturated heterocycles. The number of hydrogen-bond acceptors (Lipinski definition) is 9. The number of aromatic nitrogens is 4. The highest BCUT2D eigenvalue weighted by atomic mass is 16.5. The van der Waals surface area contributed by atoms with Gasteiger partial charge in [-0.3, -0.25) is 4.90 Å². The Hall–Kier alpha value is -3.63. The van der Waals surface area contributed by atoms with Gasteiger partial charge >= 0.3 is 0 Å². The smallest absolute Gasteiger partial charge is 0.228 e. The van der Waals surface area contributed by atoms with Gasteiger partial charge < -0.3 is 23.7 Å². The minimum atomic E-state index is 0.574. The molecule has 188 valence electrons. The van der Waals surface area contributed by atoms with E-state index in [4.69, 9.17) is 29.0 Å². The van der Waals surface area contributed by atoms with Crippen LogP contribution in [0.4, 0.5) is 5.95 Å². The quantitative estimate of drug-likeness (QED) is 0.406. The predicted octanol–water partition coefficient (Wildman–Crippen LogP) is 2.71. The van der Waals surface area contributed by atoms with E-state index in [1.54, 1.807) is 20.5 Å². The van der Waals surface area contributed by atoms with Crippen LogP contribution in [-0.2, 0) is 19.5 Å². The number of nitrogens with zero attached hydrogens (tertiary/aromatic N) is 7. The van der Waals surface area contributed by atoms with E-state index in [0.29, 0.717) is 11.6 Å². The lowest BCUT2D eigenvalue weighted by Gasteiger charge is -2.33. The van der Waals surface area contributed by atoms with E-state index in [0.717, 1.165) is 80.9 Å². The standard InChI is InChI=1S/C26H31N7O3/c1-30-8-10-32(11-9-30)26-27-15-20(25-28-24(29-33(25)26)21-5-4-12-36-21)17-31-7-6-18-13-22(34-2)23(35-3)14-19(18)16-31/h4-5,12-15H,6-11,16-17H2,1-3H3. The lowest BCUT2D eigenvalue weighted by atomic mass is 9.98. The number of anilines is 1. The molecular weight excluding hydrogens is 458 g/mol. The van der Waals surface area contributed by atoms with Crippen molar-refractivity contribution in [3.8, 4) is 23.1 Å². The van der Waals surface area contributed by atoms with Gasteiger partial charge in [0.05, 0.1) is 20.5 Å². The summed E-state index contributed by atoms with van der Waals surface area (Å²) in [4.78, 5) is 16.8. The summed E-state index contributed by atoms with van der Waals surface area (Å²) in [5.41, 5.74) is 4.43. The zero-order valence-corrected chi connectivity index (χ0v) is 21.0. The van der Waals surface area contributed by atoms with Gasteiger partial charge in [-0.25, -0.2) is 9.97 Å². The van der Waals surface area contributed by atoms with Crippen LogP contribution >= 0.6 is 0 Å². The van der Waals surface area contributed by atoms with E-state index in [9.17, 15) is 0 Å². The molecule has 36 heavy (non-hydrogen) atoms. The summed E-state index contributed by atoms with van der Waals surface area (Å²) >= 11 is 0. The molecule has 10 nitrogen and oxygen atoms in total. The Balaban J connectivity index is 1.33. The highest BCUT2D eigenvalue weighted by Gasteiger charge is 2.25. The molecule has 0 N–H and O–H groups in total. The molecular formula is C26H31N7O3. The van der Waals surface area contributed by atoms with Crippen molar-refractivity contribution in [2.45, 2.75) is 19.5 Å². The van der Waals surface area contributed by atoms with Gasteiger partial charge in [0.1, 0.15) is 0 Å². The van der Waals surface area contributed by atoms with Crippen LogP contribution in [0.15, 0.2) is 41.1 Å². The summed E-state index contributed by atoms with van der Waals surface area (Å²) in [5, 5.41) is 4.83. The highest BCUT2D eigenvalue weighted by molar-refractivity contribution is 5.58. The van der Waals surface area contributed by atoms with E-state index >= 15 is 0 Å². The Morgan fingerprint density at radius 3 is 2.50 bits per heavy atom. The number of ether oxygens (including phenoxy) is 2. The Kier molecular flexibility index (Phi) is 5.98. The number of hydrogen-bond donors (Lipinski definition) is 0. The first-order chi connectivity index (χ1) is 17.6. The first-order valence-electron chi connectivity index (χ1n) is 12.3. The summed E-state index contributed by atoms with van der Waals surface area (Å²) in [5.74, 6) is 3.60. The third-order valence-electron chi connectivity index (χ3n) is 7.14. The average Bonchev–Trinajstić information content (AvgIpc) is 3.59. The van der Waals surface area contributed by atoms with Crippen molar-refractivity contribution in [2.75, 3.05) is 58.9 Å². The molecule has 1 fully saturated rings. The van der Waals surface area contributed by atoms with Crippen molar-refractivity contribution in [3.63, 3.8) is 0 Å². The molecule has 0 saturated carbocycles. The van der Waals surface area contributed by atoms with Gasteiger partial charge in [0, 0.05) is 57.6 Å². The van der Waals surface area contributed by atoms with Crippen molar-refractivity contribution >= 4 is 11.6 Å². The van der Waals surface area contributed by atoms with E-state index < -0.39 is 0 Å². The van der Waals surface area contributed by atoms with Crippen LogP contribution in [0.5, 0.6) is 11.5 Å². The first-order valence-corrected chi connectivity index (χ1v) is 12.3. The lowest BCUT2D eigenvalue weighted by Crippen LogP contribution is -2.45. The van der Waals surface area contributed by atoms with Crippen LogP contribution in [0.1, 0.15) is 16.7 Å². The monoisotopic (exact) mass is 489 g/mol. The molecule has 0 radical (unpaired) electrons. The molecule has 0 bridgehead atoms. The van der Waals surface area contributed by atoms with Crippen LogP contribution in [0.25, 0.3) is 17.2 Å².